The van der Waals surface area contributed by atoms with Crippen LogP contribution in [0.3, 0.4) is 0 Å². The Bertz CT molecular complexity index is 1690. The van der Waals surface area contributed by atoms with Crippen molar-refractivity contribution in [2.24, 2.45) is 0 Å². The van der Waals surface area contributed by atoms with E-state index in [0.717, 1.165) is 0 Å². The van der Waals surface area contributed by atoms with Crippen LogP contribution >= 0.6 is 39.1 Å². The molecule has 2 heterocycles. The van der Waals surface area contributed by atoms with Crippen molar-refractivity contribution in [3.63, 3.8) is 0 Å². The number of halogens is 6. The van der Waals surface area contributed by atoms with Crippen molar-refractivity contribution in [2.45, 2.75) is 25.6 Å². The van der Waals surface area contributed by atoms with Crippen LogP contribution in [0.2, 0.25) is 10.0 Å². The van der Waals surface area contributed by atoms with Gasteiger partial charge in [0.25, 0.3) is 11.8 Å². The van der Waals surface area contributed by atoms with E-state index in [4.69, 9.17) is 23.2 Å². The standard InChI is InChI=1S/C25H17BrCl2F3N5O4/c1-24(2,23(39)40)34-21(37)14-9-11-8-12(26)5-6-13(11)18(28)19(14)33-22(38)16-10-17(25(29,30)31)35-36(16)20-15(27)4-3-7-32-20/h3-10H,1-2H3,(H,33,38)(H,34,37)(H,39,40). The van der Waals surface area contributed by atoms with Gasteiger partial charge >= 0.3 is 12.1 Å². The number of carbonyl (C=O) groups excluding carboxylic acids is 2. The van der Waals surface area contributed by atoms with Gasteiger partial charge in [0.05, 0.1) is 21.3 Å². The fourth-order valence-electron chi connectivity index (χ4n) is 3.59. The quantitative estimate of drug-likeness (QED) is 0.222. The van der Waals surface area contributed by atoms with Crippen LogP contribution in [-0.2, 0) is 11.0 Å². The molecule has 4 aromatic rings. The van der Waals surface area contributed by atoms with Crippen molar-refractivity contribution in [2.75, 3.05) is 5.32 Å². The highest BCUT2D eigenvalue weighted by Gasteiger charge is 2.37. The Labute approximate surface area is 242 Å². The third-order valence-electron chi connectivity index (χ3n) is 5.65. The molecule has 0 aliphatic heterocycles. The number of fused-ring (bicyclic) bond motifs is 1. The van der Waals surface area contributed by atoms with E-state index in [2.05, 4.69) is 36.6 Å². The maximum atomic E-state index is 13.6. The molecule has 0 spiro atoms. The summed E-state index contributed by atoms with van der Waals surface area (Å²) in [4.78, 5) is 42.3. The van der Waals surface area contributed by atoms with Gasteiger partial charge in [-0.05, 0) is 49.6 Å². The molecule has 9 nitrogen and oxygen atoms in total. The number of anilines is 1. The van der Waals surface area contributed by atoms with Gasteiger partial charge in [-0.25, -0.2) is 14.5 Å². The van der Waals surface area contributed by atoms with E-state index in [1.165, 1.54) is 38.2 Å². The van der Waals surface area contributed by atoms with Crippen LogP contribution in [0.5, 0.6) is 0 Å². The summed E-state index contributed by atoms with van der Waals surface area (Å²) in [5.41, 5.74) is -4.23. The molecule has 0 fully saturated rings. The van der Waals surface area contributed by atoms with Gasteiger partial charge in [-0.2, -0.15) is 18.3 Å². The minimum absolute atomic E-state index is 0.0846. The molecule has 0 saturated carbocycles. The molecule has 2 amide bonds. The average Bonchev–Trinajstić information content (AvgIpc) is 3.31. The summed E-state index contributed by atoms with van der Waals surface area (Å²) >= 11 is 16.0. The fourth-order valence-corrected chi connectivity index (χ4v) is 4.49. The zero-order valence-electron chi connectivity index (χ0n) is 20.4. The van der Waals surface area contributed by atoms with Crippen LogP contribution in [0, 0.1) is 0 Å². The summed E-state index contributed by atoms with van der Waals surface area (Å²) in [5, 5.41) is 18.3. The molecule has 0 aliphatic rings. The first-order valence-electron chi connectivity index (χ1n) is 11.2. The molecule has 0 radical (unpaired) electrons. The molecule has 2 aromatic heterocycles. The summed E-state index contributed by atoms with van der Waals surface area (Å²) in [6.45, 7) is 2.50. The minimum atomic E-state index is -4.91. The number of carboxylic acids is 1. The van der Waals surface area contributed by atoms with Gasteiger partial charge in [-0.15, -0.1) is 0 Å². The third-order valence-corrected chi connectivity index (χ3v) is 6.84. The molecule has 208 valence electrons. The Hall–Kier alpha value is -3.68. The summed E-state index contributed by atoms with van der Waals surface area (Å²) in [7, 11) is 0. The van der Waals surface area contributed by atoms with E-state index in [1.54, 1.807) is 18.2 Å². The lowest BCUT2D eigenvalue weighted by Gasteiger charge is -2.23. The van der Waals surface area contributed by atoms with Gasteiger partial charge in [0.1, 0.15) is 11.2 Å². The lowest BCUT2D eigenvalue weighted by molar-refractivity contribution is -0.143. The topological polar surface area (TPSA) is 126 Å². The fraction of sp³-hybridized carbons (Fsp3) is 0.160. The number of aromatic nitrogens is 3. The molecule has 0 aliphatic carbocycles. The third kappa shape index (κ3) is 5.76. The summed E-state index contributed by atoms with van der Waals surface area (Å²) in [5.74, 6) is -3.63. The zero-order chi connectivity index (χ0) is 29.6. The summed E-state index contributed by atoms with van der Waals surface area (Å²) in [6.07, 6.45) is -3.66. The number of carboxylic acid groups (broad SMARTS) is 1. The Morgan fingerprint density at radius 2 is 1.75 bits per heavy atom. The van der Waals surface area contributed by atoms with Gasteiger partial charge < -0.3 is 15.7 Å². The SMILES string of the molecule is CC(C)(NC(=O)c1cc2cc(Br)ccc2c(Cl)c1NC(=O)c1cc(C(F)(F)F)nn1-c1ncccc1Cl)C(=O)O. The van der Waals surface area contributed by atoms with Crippen LogP contribution in [-0.4, -0.2) is 43.2 Å². The number of benzene rings is 2. The minimum Gasteiger partial charge on any atom is -0.480 e. The smallest absolute Gasteiger partial charge is 0.435 e. The molecule has 0 bridgehead atoms. The van der Waals surface area contributed by atoms with E-state index >= 15 is 0 Å². The van der Waals surface area contributed by atoms with Crippen LogP contribution in [0.4, 0.5) is 18.9 Å². The number of aliphatic carboxylic acids is 1. The molecule has 0 atom stereocenters. The van der Waals surface area contributed by atoms with Crippen LogP contribution in [0.15, 0.2) is 53.1 Å². The lowest BCUT2D eigenvalue weighted by Crippen LogP contribution is -2.49. The van der Waals surface area contributed by atoms with E-state index in [1.807, 2.05) is 0 Å². The van der Waals surface area contributed by atoms with Crippen molar-refractivity contribution in [3.8, 4) is 5.82 Å². The molecule has 0 unspecified atom stereocenters. The largest absolute Gasteiger partial charge is 0.480 e. The first kappa shape index (κ1) is 29.3. The van der Waals surface area contributed by atoms with Crippen LogP contribution in [0.25, 0.3) is 16.6 Å². The highest BCUT2D eigenvalue weighted by Crippen LogP contribution is 2.37. The number of pyridine rings is 1. The average molecular weight is 659 g/mol. The van der Waals surface area contributed by atoms with Crippen molar-refractivity contribution in [1.29, 1.82) is 0 Å². The Kier molecular flexibility index (Phi) is 7.85. The molecular formula is C25H17BrCl2F3N5O4. The number of nitrogens with zero attached hydrogens (tertiary/aromatic N) is 3. The van der Waals surface area contributed by atoms with Crippen molar-refractivity contribution in [3.05, 3.63) is 80.1 Å². The van der Waals surface area contributed by atoms with E-state index < -0.39 is 40.9 Å². The normalized spacial score (nSPS) is 11.9. The highest BCUT2D eigenvalue weighted by atomic mass is 79.9. The number of alkyl halides is 3. The van der Waals surface area contributed by atoms with Crippen molar-refractivity contribution >= 4 is 73.4 Å². The molecule has 2 aromatic carbocycles. The second-order valence-electron chi connectivity index (χ2n) is 8.95. The number of nitrogens with one attached hydrogen (secondary N) is 2. The Morgan fingerprint density at radius 1 is 1.05 bits per heavy atom. The van der Waals surface area contributed by atoms with E-state index in [-0.39, 0.29) is 27.1 Å². The number of rotatable bonds is 6. The Balaban J connectivity index is 1.88. The number of carbonyl (C=O) groups is 3. The monoisotopic (exact) mass is 657 g/mol. The highest BCUT2D eigenvalue weighted by molar-refractivity contribution is 9.10. The molecule has 15 heteroatoms. The molecule has 3 N–H and O–H groups in total. The van der Waals surface area contributed by atoms with E-state index in [9.17, 15) is 32.7 Å². The maximum absolute atomic E-state index is 13.6. The predicted octanol–water partition coefficient (Wildman–Crippen LogP) is 6.35. The first-order chi connectivity index (χ1) is 18.6. The van der Waals surface area contributed by atoms with Crippen LogP contribution in [0.1, 0.15) is 40.4 Å². The van der Waals surface area contributed by atoms with Gasteiger partial charge in [-0.3, -0.25) is 9.59 Å². The van der Waals surface area contributed by atoms with Gasteiger partial charge in [0.2, 0.25) is 0 Å². The second-order valence-corrected chi connectivity index (χ2v) is 10.7. The van der Waals surface area contributed by atoms with E-state index in [0.29, 0.717) is 26.0 Å². The molecular weight excluding hydrogens is 642 g/mol. The molecule has 40 heavy (non-hydrogen) atoms. The molecule has 0 saturated heterocycles. The summed E-state index contributed by atoms with van der Waals surface area (Å²) in [6, 6.07) is 9.55. The van der Waals surface area contributed by atoms with Crippen molar-refractivity contribution < 1.29 is 32.7 Å². The number of amides is 2. The number of hydrogen-bond donors (Lipinski definition) is 3. The number of hydrogen-bond acceptors (Lipinski definition) is 5. The van der Waals surface area contributed by atoms with Gasteiger partial charge in [0, 0.05) is 22.1 Å². The predicted molar refractivity (Wildman–Crippen MR) is 145 cm³/mol. The Morgan fingerprint density at radius 3 is 2.38 bits per heavy atom. The van der Waals surface area contributed by atoms with Gasteiger partial charge in [0.15, 0.2) is 11.5 Å². The molecule has 4 rings (SSSR count). The summed E-state index contributed by atoms with van der Waals surface area (Å²) < 4.78 is 42.0. The zero-order valence-corrected chi connectivity index (χ0v) is 23.5. The second kappa shape index (κ2) is 10.7. The first-order valence-corrected chi connectivity index (χ1v) is 12.7. The van der Waals surface area contributed by atoms with Crippen molar-refractivity contribution in [1.82, 2.24) is 20.1 Å². The lowest BCUT2D eigenvalue weighted by atomic mass is 10.0. The van der Waals surface area contributed by atoms with Gasteiger partial charge in [-0.1, -0.05) is 45.2 Å². The maximum Gasteiger partial charge on any atom is 0.435 e. The van der Waals surface area contributed by atoms with Crippen LogP contribution < -0.4 is 10.6 Å².